The zero-order chi connectivity index (χ0) is 29.8. The topological polar surface area (TPSA) is 123 Å². The van der Waals surface area contributed by atoms with Gasteiger partial charge in [0.15, 0.2) is 0 Å². The Kier molecular flexibility index (Phi) is 9.41. The van der Waals surface area contributed by atoms with Crippen LogP contribution in [0.2, 0.25) is 25.7 Å². The van der Waals surface area contributed by atoms with Crippen LogP contribution in [0.5, 0.6) is 5.75 Å². The van der Waals surface area contributed by atoms with Crippen molar-refractivity contribution in [3.63, 3.8) is 0 Å². The SMILES string of the molecule is C[Si](C)(C)CCOCn1cc(-c2ccc(CNS(C)(=O)=O)cc2)c2c(OCC3(F)CCN(C(=O)O)CC3)ccnc21. The second kappa shape index (κ2) is 12.5. The van der Waals surface area contributed by atoms with E-state index in [1.807, 2.05) is 35.0 Å². The van der Waals surface area contributed by atoms with Crippen molar-refractivity contribution in [2.45, 2.75) is 57.5 Å². The van der Waals surface area contributed by atoms with Crippen LogP contribution in [0.3, 0.4) is 0 Å². The number of sulfonamides is 1. The first-order chi connectivity index (χ1) is 19.2. The molecular formula is C28H39FN4O6SSi. The quantitative estimate of drug-likeness (QED) is 0.222. The number of pyridine rings is 1. The first kappa shape index (κ1) is 30.9. The zero-order valence-electron chi connectivity index (χ0n) is 24.0. The smallest absolute Gasteiger partial charge is 0.407 e. The lowest BCUT2D eigenvalue weighted by Crippen LogP contribution is -2.46. The number of benzene rings is 1. The number of likely N-dealkylation sites (tertiary alicyclic amines) is 1. The van der Waals surface area contributed by atoms with Gasteiger partial charge in [-0.15, -0.1) is 0 Å². The third-order valence-corrected chi connectivity index (χ3v) is 9.54. The molecule has 1 aromatic carbocycles. The number of piperidine rings is 1. The highest BCUT2D eigenvalue weighted by Gasteiger charge is 2.37. The molecule has 0 radical (unpaired) electrons. The first-order valence-corrected chi connectivity index (χ1v) is 19.2. The van der Waals surface area contributed by atoms with Crippen LogP contribution < -0.4 is 9.46 Å². The number of alkyl halides is 1. The Morgan fingerprint density at radius 1 is 1.17 bits per heavy atom. The lowest BCUT2D eigenvalue weighted by atomic mass is 9.94. The first-order valence-electron chi connectivity index (χ1n) is 13.6. The molecule has 0 bridgehead atoms. The second-order valence-electron chi connectivity index (χ2n) is 11.9. The maximum Gasteiger partial charge on any atom is 0.407 e. The molecule has 1 aliphatic rings. The number of nitrogens with one attached hydrogen (secondary N) is 1. The van der Waals surface area contributed by atoms with E-state index in [4.69, 9.17) is 9.47 Å². The Hall–Kier alpha value is -3.00. The van der Waals surface area contributed by atoms with E-state index >= 15 is 4.39 Å². The second-order valence-corrected chi connectivity index (χ2v) is 19.3. The van der Waals surface area contributed by atoms with Crippen molar-refractivity contribution in [2.24, 2.45) is 0 Å². The lowest BCUT2D eigenvalue weighted by molar-refractivity contribution is 0.0207. The Morgan fingerprint density at radius 3 is 2.46 bits per heavy atom. The number of fused-ring (bicyclic) bond motifs is 1. The van der Waals surface area contributed by atoms with Crippen LogP contribution in [0.25, 0.3) is 22.2 Å². The summed E-state index contributed by atoms with van der Waals surface area (Å²) < 4.78 is 55.1. The number of hydrogen-bond donors (Lipinski definition) is 2. The van der Waals surface area contributed by atoms with Gasteiger partial charge in [0.1, 0.15) is 30.4 Å². The van der Waals surface area contributed by atoms with E-state index in [0.717, 1.165) is 34.4 Å². The van der Waals surface area contributed by atoms with Crippen LogP contribution in [-0.4, -0.2) is 80.4 Å². The van der Waals surface area contributed by atoms with Gasteiger partial charge >= 0.3 is 6.09 Å². The molecule has 0 atom stereocenters. The molecule has 1 saturated heterocycles. The van der Waals surface area contributed by atoms with Gasteiger partial charge in [0.05, 0.1) is 11.6 Å². The summed E-state index contributed by atoms with van der Waals surface area (Å²) >= 11 is 0. The van der Waals surface area contributed by atoms with E-state index in [-0.39, 0.29) is 39.1 Å². The molecule has 1 fully saturated rings. The van der Waals surface area contributed by atoms with Gasteiger partial charge in [-0.25, -0.2) is 27.3 Å². The minimum absolute atomic E-state index is 0.0648. The van der Waals surface area contributed by atoms with Crippen LogP contribution in [0.15, 0.2) is 42.7 Å². The van der Waals surface area contributed by atoms with Crippen LogP contribution in [0.1, 0.15) is 18.4 Å². The van der Waals surface area contributed by atoms with E-state index in [1.165, 1.54) is 4.90 Å². The van der Waals surface area contributed by atoms with Gasteiger partial charge in [0.2, 0.25) is 10.0 Å². The molecule has 0 aliphatic carbocycles. The Labute approximate surface area is 241 Å². The minimum atomic E-state index is -3.32. The van der Waals surface area contributed by atoms with Gasteiger partial charge in [0, 0.05) is 65.1 Å². The standard InChI is InChI=1S/C28H39FN4O6SSi/c1-40(36,37)31-17-21-5-7-22(8-6-21)23-18-33(20-38-15-16-41(2,3)4)26-25(23)24(9-12-30-26)39-19-28(29)10-13-32(14-11-28)27(34)35/h5-9,12,18,31H,10-11,13-17,19-20H2,1-4H3,(H,34,35). The predicted octanol–water partition coefficient (Wildman–Crippen LogP) is 4.93. The molecule has 3 aromatic rings. The van der Waals surface area contributed by atoms with Gasteiger partial charge in [-0.3, -0.25) is 0 Å². The summed E-state index contributed by atoms with van der Waals surface area (Å²) in [5.41, 5.74) is 1.49. The van der Waals surface area contributed by atoms with Crippen LogP contribution in [0.4, 0.5) is 9.18 Å². The van der Waals surface area contributed by atoms with Gasteiger partial charge in [0.25, 0.3) is 0 Å². The molecule has 2 N–H and O–H groups in total. The summed E-state index contributed by atoms with van der Waals surface area (Å²) in [6.07, 6.45) is 3.77. The summed E-state index contributed by atoms with van der Waals surface area (Å²) in [6, 6.07) is 10.2. The van der Waals surface area contributed by atoms with Gasteiger partial charge in [-0.1, -0.05) is 43.9 Å². The van der Waals surface area contributed by atoms with Crippen molar-refractivity contribution in [1.29, 1.82) is 0 Å². The molecule has 13 heteroatoms. The number of carbonyl (C=O) groups is 1. The number of aromatic nitrogens is 2. The maximum absolute atomic E-state index is 15.6. The van der Waals surface area contributed by atoms with Crippen molar-refractivity contribution >= 4 is 35.2 Å². The van der Waals surface area contributed by atoms with Crippen molar-refractivity contribution < 1.29 is 32.2 Å². The molecular weight excluding hydrogens is 567 g/mol. The van der Waals surface area contributed by atoms with E-state index in [2.05, 4.69) is 29.3 Å². The Balaban J connectivity index is 1.61. The van der Waals surface area contributed by atoms with Crippen molar-refractivity contribution in [2.75, 3.05) is 32.6 Å². The molecule has 3 heterocycles. The Morgan fingerprint density at radius 2 is 1.85 bits per heavy atom. The summed E-state index contributed by atoms with van der Waals surface area (Å²) in [6.45, 7) is 8.05. The molecule has 2 aromatic heterocycles. The van der Waals surface area contributed by atoms with Crippen LogP contribution >= 0.6 is 0 Å². The van der Waals surface area contributed by atoms with E-state index < -0.39 is 29.9 Å². The maximum atomic E-state index is 15.6. The molecule has 0 saturated carbocycles. The third kappa shape index (κ3) is 8.50. The molecule has 224 valence electrons. The number of nitrogens with zero attached hydrogens (tertiary/aromatic N) is 3. The monoisotopic (exact) mass is 606 g/mol. The normalized spacial score (nSPS) is 15.8. The number of amides is 1. The lowest BCUT2D eigenvalue weighted by Gasteiger charge is -2.34. The molecule has 0 spiro atoms. The van der Waals surface area contributed by atoms with Crippen molar-refractivity contribution in [1.82, 2.24) is 19.2 Å². The van der Waals surface area contributed by atoms with Gasteiger partial charge in [-0.05, 0) is 23.2 Å². The van der Waals surface area contributed by atoms with Gasteiger partial charge < -0.3 is 24.0 Å². The molecule has 1 aliphatic heterocycles. The predicted molar refractivity (Wildman–Crippen MR) is 159 cm³/mol. The summed E-state index contributed by atoms with van der Waals surface area (Å²) in [5, 5.41) is 9.92. The summed E-state index contributed by atoms with van der Waals surface area (Å²) in [4.78, 5) is 17.1. The molecule has 0 unspecified atom stereocenters. The average Bonchev–Trinajstić information content (AvgIpc) is 3.27. The highest BCUT2D eigenvalue weighted by atomic mass is 32.2. The highest BCUT2D eigenvalue weighted by molar-refractivity contribution is 7.88. The highest BCUT2D eigenvalue weighted by Crippen LogP contribution is 2.37. The third-order valence-electron chi connectivity index (χ3n) is 7.17. The molecule has 4 rings (SSSR count). The van der Waals surface area contributed by atoms with Crippen LogP contribution in [-0.2, 0) is 28.0 Å². The number of carboxylic acid groups (broad SMARTS) is 1. The zero-order valence-corrected chi connectivity index (χ0v) is 25.8. The number of halogens is 1. The van der Waals surface area contributed by atoms with E-state index in [9.17, 15) is 18.3 Å². The fraction of sp³-hybridized carbons (Fsp3) is 0.500. The van der Waals surface area contributed by atoms with Gasteiger partial charge in [-0.2, -0.15) is 0 Å². The summed E-state index contributed by atoms with van der Waals surface area (Å²) in [5.74, 6) is 0.478. The van der Waals surface area contributed by atoms with E-state index in [1.54, 1.807) is 12.3 Å². The van der Waals surface area contributed by atoms with Crippen molar-refractivity contribution in [3.05, 3.63) is 48.3 Å². The fourth-order valence-corrected chi connectivity index (χ4v) is 5.82. The number of hydrogen-bond acceptors (Lipinski definition) is 6. The summed E-state index contributed by atoms with van der Waals surface area (Å²) in [7, 11) is -4.57. The fourth-order valence-electron chi connectivity index (χ4n) is 4.63. The Bertz CT molecular complexity index is 1470. The average molecular weight is 607 g/mol. The van der Waals surface area contributed by atoms with Crippen molar-refractivity contribution in [3.8, 4) is 16.9 Å². The number of ether oxygens (including phenoxy) is 2. The van der Waals surface area contributed by atoms with E-state index in [0.29, 0.717) is 24.7 Å². The molecule has 10 nitrogen and oxygen atoms in total. The largest absolute Gasteiger partial charge is 0.489 e. The molecule has 1 amide bonds. The number of rotatable bonds is 12. The molecule has 41 heavy (non-hydrogen) atoms. The minimum Gasteiger partial charge on any atom is -0.489 e. The van der Waals surface area contributed by atoms with Crippen LogP contribution in [0, 0.1) is 0 Å².